The minimum atomic E-state index is -0.259. The molecule has 1 aromatic carbocycles. The van der Waals surface area contributed by atoms with Gasteiger partial charge in [0.15, 0.2) is 0 Å². The van der Waals surface area contributed by atoms with Crippen LogP contribution in [0, 0.1) is 0 Å². The molecule has 0 N–H and O–H groups in total. The number of aromatic nitrogens is 1. The Kier molecular flexibility index (Phi) is 4.40. The zero-order valence-corrected chi connectivity index (χ0v) is 10.8. The van der Waals surface area contributed by atoms with Gasteiger partial charge in [-0.1, -0.05) is 50.1 Å². The second-order valence-corrected chi connectivity index (χ2v) is 4.53. The van der Waals surface area contributed by atoms with Crippen molar-refractivity contribution >= 4 is 0 Å². The number of unbranched alkanes of at least 4 members (excludes halogenated alkanes) is 2. The Labute approximate surface area is 107 Å². The summed E-state index contributed by atoms with van der Waals surface area (Å²) in [6.07, 6.45) is 6.12. The highest BCUT2D eigenvalue weighted by Crippen LogP contribution is 2.07. The van der Waals surface area contributed by atoms with E-state index in [2.05, 4.69) is 6.92 Å². The molecule has 3 nitrogen and oxygen atoms in total. The Hall–Kier alpha value is -1.77. The number of hydrogen-bond donors (Lipinski definition) is 0. The molecule has 1 heterocycles. The molecule has 1 aromatic heterocycles. The molecular formula is C15H19NO2. The van der Waals surface area contributed by atoms with Crippen molar-refractivity contribution in [3.8, 4) is 0 Å². The zero-order chi connectivity index (χ0) is 12.8. The largest absolute Gasteiger partial charge is 0.419 e. The molecule has 0 saturated heterocycles. The lowest BCUT2D eigenvalue weighted by Crippen LogP contribution is -2.13. The summed E-state index contributed by atoms with van der Waals surface area (Å²) in [4.78, 5) is 11.7. The van der Waals surface area contributed by atoms with E-state index in [0.717, 1.165) is 24.2 Å². The number of nitrogens with zero attached hydrogens (tertiary/aromatic N) is 1. The quantitative estimate of drug-likeness (QED) is 0.732. The molecule has 0 bridgehead atoms. The van der Waals surface area contributed by atoms with Crippen LogP contribution < -0.4 is 5.76 Å². The lowest BCUT2D eigenvalue weighted by molar-refractivity contribution is 0.444. The molecule has 0 fully saturated rings. The van der Waals surface area contributed by atoms with Crippen molar-refractivity contribution in [1.82, 2.24) is 4.57 Å². The van der Waals surface area contributed by atoms with Gasteiger partial charge in [0.25, 0.3) is 0 Å². The summed E-state index contributed by atoms with van der Waals surface area (Å²) in [6.45, 7) is 2.74. The Morgan fingerprint density at radius 2 is 1.94 bits per heavy atom. The van der Waals surface area contributed by atoms with Crippen molar-refractivity contribution in [3.63, 3.8) is 0 Å². The molecule has 3 heteroatoms. The minimum absolute atomic E-state index is 0.259. The maximum absolute atomic E-state index is 11.7. The van der Waals surface area contributed by atoms with E-state index in [-0.39, 0.29) is 5.76 Å². The van der Waals surface area contributed by atoms with Crippen molar-refractivity contribution in [3.05, 3.63) is 58.4 Å². The van der Waals surface area contributed by atoms with E-state index >= 15 is 0 Å². The molecule has 0 spiro atoms. The molecule has 0 radical (unpaired) electrons. The third-order valence-corrected chi connectivity index (χ3v) is 2.98. The monoisotopic (exact) mass is 245 g/mol. The van der Waals surface area contributed by atoms with Crippen molar-refractivity contribution in [1.29, 1.82) is 0 Å². The van der Waals surface area contributed by atoms with Crippen molar-refractivity contribution in [2.45, 2.75) is 39.2 Å². The standard InChI is InChI=1S/C15H19NO2/c1-2-3-5-10-14-12-16(15(17)18-14)11-13-8-6-4-7-9-13/h4,6-9,12H,2-3,5,10-11H2,1H3. The van der Waals surface area contributed by atoms with Gasteiger partial charge in [0.05, 0.1) is 6.54 Å². The molecule has 0 unspecified atom stereocenters. The fourth-order valence-electron chi connectivity index (χ4n) is 1.98. The number of oxazole rings is 1. The van der Waals surface area contributed by atoms with Crippen LogP contribution >= 0.6 is 0 Å². The van der Waals surface area contributed by atoms with Gasteiger partial charge in [-0.3, -0.25) is 4.57 Å². The Bertz CT molecular complexity index is 525. The molecule has 18 heavy (non-hydrogen) atoms. The van der Waals surface area contributed by atoms with E-state index in [1.54, 1.807) is 4.57 Å². The van der Waals surface area contributed by atoms with Crippen LogP contribution in [0.15, 0.2) is 45.7 Å². The van der Waals surface area contributed by atoms with Gasteiger partial charge in [0.1, 0.15) is 5.76 Å². The summed E-state index contributed by atoms with van der Waals surface area (Å²) >= 11 is 0. The third kappa shape index (κ3) is 3.36. The van der Waals surface area contributed by atoms with E-state index in [4.69, 9.17) is 4.42 Å². The maximum Gasteiger partial charge on any atom is 0.419 e. The van der Waals surface area contributed by atoms with Gasteiger partial charge in [-0.25, -0.2) is 4.79 Å². The SMILES string of the molecule is CCCCCc1cn(Cc2ccccc2)c(=O)o1. The minimum Gasteiger partial charge on any atom is -0.413 e. The van der Waals surface area contributed by atoms with Gasteiger partial charge in [-0.15, -0.1) is 0 Å². The van der Waals surface area contributed by atoms with Crippen LogP contribution in [0.25, 0.3) is 0 Å². The predicted molar refractivity (Wildman–Crippen MR) is 71.7 cm³/mol. The molecule has 0 aliphatic carbocycles. The van der Waals surface area contributed by atoms with Crippen molar-refractivity contribution in [2.75, 3.05) is 0 Å². The topological polar surface area (TPSA) is 35.1 Å². The second kappa shape index (κ2) is 6.24. The third-order valence-electron chi connectivity index (χ3n) is 2.98. The molecule has 2 aromatic rings. The average Bonchev–Trinajstić information content (AvgIpc) is 2.72. The van der Waals surface area contributed by atoms with Crippen LogP contribution in [0.4, 0.5) is 0 Å². The predicted octanol–water partition coefficient (Wildman–Crippen LogP) is 3.22. The zero-order valence-electron chi connectivity index (χ0n) is 10.8. The summed E-state index contributed by atoms with van der Waals surface area (Å²) in [5.41, 5.74) is 1.11. The summed E-state index contributed by atoms with van der Waals surface area (Å²) in [7, 11) is 0. The van der Waals surface area contributed by atoms with E-state index in [0.29, 0.717) is 6.54 Å². The molecule has 96 valence electrons. The average molecular weight is 245 g/mol. The summed E-state index contributed by atoms with van der Waals surface area (Å²) < 4.78 is 6.88. The highest BCUT2D eigenvalue weighted by atomic mass is 16.4. The van der Waals surface area contributed by atoms with Crippen molar-refractivity contribution < 1.29 is 4.42 Å². The van der Waals surface area contributed by atoms with Crippen LogP contribution in [0.3, 0.4) is 0 Å². The normalized spacial score (nSPS) is 10.7. The summed E-state index contributed by atoms with van der Waals surface area (Å²) in [6, 6.07) is 9.94. The molecule has 0 atom stereocenters. The Morgan fingerprint density at radius 1 is 1.17 bits per heavy atom. The van der Waals surface area contributed by atoms with Gasteiger partial charge >= 0.3 is 5.76 Å². The van der Waals surface area contributed by atoms with Crippen LogP contribution in [-0.4, -0.2) is 4.57 Å². The summed E-state index contributed by atoms with van der Waals surface area (Å²) in [5.74, 6) is 0.537. The first-order valence-electron chi connectivity index (χ1n) is 6.52. The lowest BCUT2D eigenvalue weighted by Gasteiger charge is -1.99. The van der Waals surface area contributed by atoms with E-state index < -0.39 is 0 Å². The smallest absolute Gasteiger partial charge is 0.413 e. The molecule has 0 aliphatic heterocycles. The fraction of sp³-hybridized carbons (Fsp3) is 0.400. The Morgan fingerprint density at radius 3 is 2.67 bits per heavy atom. The van der Waals surface area contributed by atoms with Gasteiger partial charge in [-0.2, -0.15) is 0 Å². The first kappa shape index (κ1) is 12.7. The van der Waals surface area contributed by atoms with Gasteiger partial charge in [-0.05, 0) is 12.0 Å². The van der Waals surface area contributed by atoms with Crippen LogP contribution in [0.1, 0.15) is 37.5 Å². The molecule has 0 amide bonds. The van der Waals surface area contributed by atoms with Gasteiger partial charge in [0.2, 0.25) is 0 Å². The van der Waals surface area contributed by atoms with Crippen LogP contribution in [0.2, 0.25) is 0 Å². The Balaban J connectivity index is 2.03. The molecule has 0 saturated carbocycles. The van der Waals surface area contributed by atoms with Crippen LogP contribution in [0.5, 0.6) is 0 Å². The maximum atomic E-state index is 11.7. The van der Waals surface area contributed by atoms with Gasteiger partial charge in [0, 0.05) is 12.6 Å². The second-order valence-electron chi connectivity index (χ2n) is 4.53. The number of benzene rings is 1. The van der Waals surface area contributed by atoms with Gasteiger partial charge < -0.3 is 4.42 Å². The van der Waals surface area contributed by atoms with E-state index in [9.17, 15) is 4.79 Å². The highest BCUT2D eigenvalue weighted by Gasteiger charge is 2.05. The first-order chi connectivity index (χ1) is 8.79. The number of hydrogen-bond acceptors (Lipinski definition) is 2. The first-order valence-corrected chi connectivity index (χ1v) is 6.52. The highest BCUT2D eigenvalue weighted by molar-refractivity contribution is 5.15. The summed E-state index contributed by atoms with van der Waals surface area (Å²) in [5, 5.41) is 0. The molecule has 2 rings (SSSR count). The fourth-order valence-corrected chi connectivity index (χ4v) is 1.98. The van der Waals surface area contributed by atoms with Crippen molar-refractivity contribution in [2.24, 2.45) is 0 Å². The molecule has 0 aliphatic rings. The van der Waals surface area contributed by atoms with E-state index in [1.165, 1.54) is 12.8 Å². The van der Waals surface area contributed by atoms with Crippen LogP contribution in [-0.2, 0) is 13.0 Å². The molecular weight excluding hydrogens is 226 g/mol. The number of rotatable bonds is 6. The van der Waals surface area contributed by atoms with E-state index in [1.807, 2.05) is 36.5 Å². The lowest BCUT2D eigenvalue weighted by atomic mass is 10.2. The number of aryl methyl sites for hydroxylation is 1.